The molecule has 0 aromatic heterocycles. The van der Waals surface area contributed by atoms with Crippen LogP contribution in [0.1, 0.15) is 6.42 Å². The van der Waals surface area contributed by atoms with E-state index in [0.29, 0.717) is 6.08 Å². The lowest BCUT2D eigenvalue weighted by molar-refractivity contribution is 0.418. The lowest BCUT2D eigenvalue weighted by Gasteiger charge is -1.86. The summed E-state index contributed by atoms with van der Waals surface area (Å²) in [6.45, 7) is 0. The molecule has 0 aliphatic rings. The number of nitrogens with two attached hydrogens (primary N) is 1. The second-order valence-electron chi connectivity index (χ2n) is 1.37. The van der Waals surface area contributed by atoms with Crippen molar-refractivity contribution >= 4 is 11.0 Å². The van der Waals surface area contributed by atoms with Gasteiger partial charge in [0.2, 0.25) is 0 Å². The van der Waals surface area contributed by atoms with E-state index < -0.39 is 17.1 Å². The Bertz CT molecular complexity index is 133. The number of hydrogen-bond acceptors (Lipinski definition) is 1. The van der Waals surface area contributed by atoms with Crippen LogP contribution in [-0.2, 0) is 11.0 Å². The fourth-order valence-corrected chi connectivity index (χ4v) is 0.634. The lowest BCUT2D eigenvalue weighted by Crippen LogP contribution is -2.06. The van der Waals surface area contributed by atoms with Gasteiger partial charge < -0.3 is 0 Å². The van der Waals surface area contributed by atoms with Crippen molar-refractivity contribution in [1.82, 2.24) is 0 Å². The molecule has 0 aromatic rings. The van der Waals surface area contributed by atoms with Gasteiger partial charge in [-0.05, 0) is 12.5 Å². The summed E-state index contributed by atoms with van der Waals surface area (Å²) in [7, 11) is -1.46. The van der Waals surface area contributed by atoms with E-state index in [9.17, 15) is 13.0 Å². The van der Waals surface area contributed by atoms with Gasteiger partial charge in [0.05, 0.1) is 11.0 Å². The maximum Gasteiger partial charge on any atom is 0.266 e. The number of hydrogen-bond donors (Lipinski definition) is 1. The van der Waals surface area contributed by atoms with Gasteiger partial charge in [0, 0.05) is 5.75 Å². The van der Waals surface area contributed by atoms with Gasteiger partial charge in [-0.3, -0.25) is 5.14 Å². The molecule has 0 saturated heterocycles. The molecule has 0 spiro atoms. The predicted octanol–water partition coefficient (Wildman–Crippen LogP) is 0.779. The van der Waals surface area contributed by atoms with Crippen molar-refractivity contribution < 1.29 is 13.0 Å². The highest BCUT2D eigenvalue weighted by Crippen LogP contribution is 1.98. The molecular formula is C4H7F2NOS. The zero-order chi connectivity index (χ0) is 7.28. The Kier molecular flexibility index (Phi) is 4.43. The molecule has 0 fully saturated rings. The second-order valence-corrected chi connectivity index (χ2v) is 2.54. The van der Waals surface area contributed by atoms with Crippen molar-refractivity contribution in [3.8, 4) is 0 Å². The van der Waals surface area contributed by atoms with Crippen LogP contribution in [0.15, 0.2) is 12.2 Å². The van der Waals surface area contributed by atoms with Crippen LogP contribution in [0.3, 0.4) is 0 Å². The average molecular weight is 155 g/mol. The third kappa shape index (κ3) is 7.71. The van der Waals surface area contributed by atoms with Gasteiger partial charge in [0.25, 0.3) is 6.08 Å². The van der Waals surface area contributed by atoms with Gasteiger partial charge in [0.15, 0.2) is 0 Å². The maximum atomic E-state index is 11.2. The minimum Gasteiger partial charge on any atom is -0.252 e. The van der Waals surface area contributed by atoms with Crippen LogP contribution in [-0.4, -0.2) is 9.96 Å². The van der Waals surface area contributed by atoms with Crippen molar-refractivity contribution in [2.45, 2.75) is 6.42 Å². The van der Waals surface area contributed by atoms with E-state index in [1.54, 1.807) is 0 Å². The van der Waals surface area contributed by atoms with Crippen molar-refractivity contribution in [2.24, 2.45) is 5.14 Å². The van der Waals surface area contributed by atoms with Gasteiger partial charge in [-0.2, -0.15) is 8.78 Å². The maximum absolute atomic E-state index is 11.2. The first-order valence-electron chi connectivity index (χ1n) is 2.27. The van der Waals surface area contributed by atoms with Gasteiger partial charge in [0.1, 0.15) is 0 Å². The molecule has 0 radical (unpaired) electrons. The van der Waals surface area contributed by atoms with Gasteiger partial charge in [-0.25, -0.2) is 4.21 Å². The molecule has 2 nitrogen and oxygen atoms in total. The number of allylic oxidation sites excluding steroid dienone is 1. The zero-order valence-electron chi connectivity index (χ0n) is 4.64. The Morgan fingerprint density at radius 2 is 2.22 bits per heavy atom. The fourth-order valence-electron chi connectivity index (χ4n) is 0.284. The molecule has 1 atom stereocenters. The predicted molar refractivity (Wildman–Crippen MR) is 32.1 cm³/mol. The van der Waals surface area contributed by atoms with E-state index in [2.05, 4.69) is 0 Å². The zero-order valence-corrected chi connectivity index (χ0v) is 5.46. The monoisotopic (exact) mass is 155 g/mol. The van der Waals surface area contributed by atoms with Crippen molar-refractivity contribution in [3.05, 3.63) is 12.2 Å². The van der Waals surface area contributed by atoms with E-state index in [4.69, 9.17) is 5.14 Å². The minimum atomic E-state index is -1.75. The van der Waals surface area contributed by atoms with Gasteiger partial charge in [-0.1, -0.05) is 0 Å². The van der Waals surface area contributed by atoms with Crippen LogP contribution in [0.4, 0.5) is 8.78 Å². The van der Waals surface area contributed by atoms with Crippen molar-refractivity contribution in [3.63, 3.8) is 0 Å². The van der Waals surface area contributed by atoms with E-state index in [1.807, 2.05) is 0 Å². The smallest absolute Gasteiger partial charge is 0.252 e. The quantitative estimate of drug-likeness (QED) is 0.643. The van der Waals surface area contributed by atoms with Crippen molar-refractivity contribution in [2.75, 3.05) is 5.75 Å². The standard InChI is InChI=1S/C4H7F2NOS/c5-4(6)2-1-3-9(7)8/h2H,1,3,7H2. The summed E-state index contributed by atoms with van der Waals surface area (Å²) in [5.74, 6) is 0.0946. The molecule has 9 heavy (non-hydrogen) atoms. The summed E-state index contributed by atoms with van der Waals surface area (Å²) in [6.07, 6.45) is -0.976. The van der Waals surface area contributed by atoms with E-state index in [0.717, 1.165) is 0 Å². The lowest BCUT2D eigenvalue weighted by atomic mass is 10.5. The molecule has 5 heteroatoms. The van der Waals surface area contributed by atoms with E-state index in [1.165, 1.54) is 0 Å². The molecular weight excluding hydrogens is 148 g/mol. The first-order valence-corrected chi connectivity index (χ1v) is 3.65. The molecule has 0 aliphatic carbocycles. The summed E-state index contributed by atoms with van der Waals surface area (Å²) in [6, 6.07) is 0. The minimum absolute atomic E-state index is 0.0748. The summed E-state index contributed by atoms with van der Waals surface area (Å²) < 4.78 is 32.5. The molecule has 1 unspecified atom stereocenters. The van der Waals surface area contributed by atoms with Crippen LogP contribution in [0.5, 0.6) is 0 Å². The highest BCUT2D eigenvalue weighted by Gasteiger charge is 1.90. The Morgan fingerprint density at radius 1 is 1.67 bits per heavy atom. The van der Waals surface area contributed by atoms with Gasteiger partial charge in [-0.15, -0.1) is 0 Å². The molecule has 0 aliphatic heterocycles. The Morgan fingerprint density at radius 3 is 2.56 bits per heavy atom. The average Bonchev–Trinajstić information content (AvgIpc) is 1.63. The third-order valence-electron chi connectivity index (χ3n) is 0.618. The highest BCUT2D eigenvalue weighted by molar-refractivity contribution is 7.82. The summed E-state index contributed by atoms with van der Waals surface area (Å²) in [5, 5.41) is 4.78. The van der Waals surface area contributed by atoms with Crippen LogP contribution >= 0.6 is 0 Å². The van der Waals surface area contributed by atoms with Crippen LogP contribution < -0.4 is 5.14 Å². The Balaban J connectivity index is 3.31. The molecule has 0 heterocycles. The first-order chi connectivity index (χ1) is 4.13. The molecule has 0 bridgehead atoms. The summed E-state index contributed by atoms with van der Waals surface area (Å²) in [4.78, 5) is 0. The highest BCUT2D eigenvalue weighted by atomic mass is 32.2. The Labute approximate surface area is 54.3 Å². The largest absolute Gasteiger partial charge is 0.266 e. The molecule has 2 N–H and O–H groups in total. The fraction of sp³-hybridized carbons (Fsp3) is 0.500. The third-order valence-corrected chi connectivity index (χ3v) is 1.26. The SMILES string of the molecule is NS(=O)CCC=C(F)F. The molecule has 0 aromatic carbocycles. The Hall–Kier alpha value is -0.290. The first kappa shape index (κ1) is 8.71. The summed E-state index contributed by atoms with van der Waals surface area (Å²) >= 11 is 0. The second kappa shape index (κ2) is 4.58. The normalized spacial score (nSPS) is 12.8. The number of rotatable bonds is 3. The van der Waals surface area contributed by atoms with Crippen molar-refractivity contribution in [1.29, 1.82) is 0 Å². The molecule has 0 saturated carbocycles. The van der Waals surface area contributed by atoms with E-state index >= 15 is 0 Å². The summed E-state index contributed by atoms with van der Waals surface area (Å²) in [5.41, 5.74) is 0. The van der Waals surface area contributed by atoms with Crippen LogP contribution in [0.2, 0.25) is 0 Å². The molecule has 54 valence electrons. The van der Waals surface area contributed by atoms with Crippen LogP contribution in [0.25, 0.3) is 0 Å². The van der Waals surface area contributed by atoms with Gasteiger partial charge >= 0.3 is 0 Å². The van der Waals surface area contributed by atoms with E-state index in [-0.39, 0.29) is 12.2 Å². The van der Waals surface area contributed by atoms with Crippen LogP contribution in [0, 0.1) is 0 Å². The topological polar surface area (TPSA) is 43.1 Å². The number of halogens is 2. The molecule has 0 rings (SSSR count). The molecule has 0 amide bonds.